The minimum absolute atomic E-state index is 0.111. The maximum Gasteiger partial charge on any atom is 0.317 e. The molecule has 1 aliphatic rings. The first-order valence-corrected chi connectivity index (χ1v) is 7.68. The molecule has 0 spiro atoms. The summed E-state index contributed by atoms with van der Waals surface area (Å²) in [5.74, 6) is 0.831. The van der Waals surface area contributed by atoms with Gasteiger partial charge in [0.1, 0.15) is 5.76 Å². The van der Waals surface area contributed by atoms with E-state index in [9.17, 15) is 9.90 Å². The summed E-state index contributed by atoms with van der Waals surface area (Å²) in [5.41, 5.74) is -0.861. The molecule has 0 bridgehead atoms. The molecule has 0 unspecified atom stereocenters. The number of furan rings is 1. The zero-order valence-electron chi connectivity index (χ0n) is 11.9. The summed E-state index contributed by atoms with van der Waals surface area (Å²) in [4.78, 5) is 13.9. The van der Waals surface area contributed by atoms with Gasteiger partial charge in [-0.1, -0.05) is 0 Å². The van der Waals surface area contributed by atoms with Crippen LogP contribution in [0.25, 0.3) is 0 Å². The van der Waals surface area contributed by atoms with E-state index in [-0.39, 0.29) is 12.1 Å². The molecule has 2 N–H and O–H groups in total. The summed E-state index contributed by atoms with van der Waals surface area (Å²) < 4.78 is 6.07. The first-order chi connectivity index (χ1) is 9.38. The number of carbonyl (C=O) groups excluding carboxylic acids is 1. The van der Waals surface area contributed by atoms with Crippen molar-refractivity contribution in [1.82, 2.24) is 10.2 Å². The van der Waals surface area contributed by atoms with Gasteiger partial charge in [-0.2, -0.15) is 0 Å². The van der Waals surface area contributed by atoms with Crippen molar-refractivity contribution in [2.24, 2.45) is 0 Å². The number of likely N-dealkylation sites (tertiary alicyclic amines) is 1. The van der Waals surface area contributed by atoms with Crippen LogP contribution in [0.1, 0.15) is 32.4 Å². The lowest BCUT2D eigenvalue weighted by atomic mass is 9.97. The molecule has 20 heavy (non-hydrogen) atoms. The van der Waals surface area contributed by atoms with Gasteiger partial charge in [-0.25, -0.2) is 4.79 Å². The molecule has 1 fully saturated rings. The van der Waals surface area contributed by atoms with Gasteiger partial charge >= 0.3 is 6.03 Å². The van der Waals surface area contributed by atoms with Crippen molar-refractivity contribution in [3.8, 4) is 0 Å². The lowest BCUT2D eigenvalue weighted by molar-refractivity contribution is 0.00985. The van der Waals surface area contributed by atoms with E-state index in [4.69, 9.17) is 4.42 Å². The zero-order valence-corrected chi connectivity index (χ0v) is 13.4. The molecular weight excluding hydrogens is 324 g/mol. The van der Waals surface area contributed by atoms with Gasteiger partial charge in [0.15, 0.2) is 4.67 Å². The predicted molar refractivity (Wildman–Crippen MR) is 79.5 cm³/mol. The molecule has 5 nitrogen and oxygen atoms in total. The first kappa shape index (κ1) is 15.4. The molecule has 0 aromatic carbocycles. The quantitative estimate of drug-likeness (QED) is 0.881. The molecule has 6 heteroatoms. The number of nitrogens with one attached hydrogen (secondary N) is 1. The summed E-state index contributed by atoms with van der Waals surface area (Å²) in [7, 11) is 0. The van der Waals surface area contributed by atoms with Crippen molar-refractivity contribution in [1.29, 1.82) is 0 Å². The smallest absolute Gasteiger partial charge is 0.317 e. The number of aliphatic hydroxyl groups is 1. The van der Waals surface area contributed by atoms with Crippen LogP contribution in [0, 0.1) is 0 Å². The number of amides is 2. The van der Waals surface area contributed by atoms with Crippen LogP contribution in [0.4, 0.5) is 4.79 Å². The molecule has 2 rings (SSSR count). The zero-order chi connectivity index (χ0) is 14.8. The standard InChI is InChI=1S/C14H21BrN2O3/c1-14(2,19)11-4-3-9-17(11)13(18)16-8-7-10-5-6-12(15)20-10/h5-6,11,19H,3-4,7-9H2,1-2H3,(H,16,18)/t11-/m0/s1. The number of carbonyl (C=O) groups is 1. The molecule has 1 aromatic heterocycles. The van der Waals surface area contributed by atoms with E-state index >= 15 is 0 Å². The maximum atomic E-state index is 12.2. The second-order valence-electron chi connectivity index (χ2n) is 5.69. The summed E-state index contributed by atoms with van der Waals surface area (Å²) >= 11 is 3.25. The highest BCUT2D eigenvalue weighted by Gasteiger charge is 2.38. The average molecular weight is 345 g/mol. The van der Waals surface area contributed by atoms with Crippen molar-refractivity contribution in [3.05, 3.63) is 22.6 Å². The molecule has 0 saturated carbocycles. The van der Waals surface area contributed by atoms with Crippen LogP contribution >= 0.6 is 15.9 Å². The number of urea groups is 1. The van der Waals surface area contributed by atoms with E-state index in [1.807, 2.05) is 12.1 Å². The van der Waals surface area contributed by atoms with Crippen LogP contribution in [0.5, 0.6) is 0 Å². The Balaban J connectivity index is 1.82. The minimum Gasteiger partial charge on any atom is -0.454 e. The van der Waals surface area contributed by atoms with Gasteiger partial charge in [-0.15, -0.1) is 0 Å². The third kappa shape index (κ3) is 3.76. The minimum atomic E-state index is -0.861. The third-order valence-electron chi connectivity index (χ3n) is 3.61. The summed E-state index contributed by atoms with van der Waals surface area (Å²) in [6.07, 6.45) is 2.44. The Hall–Kier alpha value is -1.01. The fraction of sp³-hybridized carbons (Fsp3) is 0.643. The Morgan fingerprint density at radius 3 is 2.95 bits per heavy atom. The fourth-order valence-electron chi connectivity index (χ4n) is 2.62. The van der Waals surface area contributed by atoms with Crippen molar-refractivity contribution in [2.75, 3.05) is 13.1 Å². The SMILES string of the molecule is CC(C)(O)[C@@H]1CCCN1C(=O)NCCc1ccc(Br)o1. The van der Waals surface area contributed by atoms with E-state index < -0.39 is 5.60 Å². The molecule has 0 radical (unpaired) electrons. The molecule has 0 aliphatic carbocycles. The highest BCUT2D eigenvalue weighted by molar-refractivity contribution is 9.10. The Kier molecular flexibility index (Phi) is 4.75. The van der Waals surface area contributed by atoms with Crippen LogP contribution in [-0.2, 0) is 6.42 Å². The molecular formula is C14H21BrN2O3. The highest BCUT2D eigenvalue weighted by atomic mass is 79.9. The number of rotatable bonds is 4. The van der Waals surface area contributed by atoms with Gasteiger partial charge in [-0.05, 0) is 54.8 Å². The molecule has 1 atom stereocenters. The maximum absolute atomic E-state index is 12.2. The first-order valence-electron chi connectivity index (χ1n) is 6.89. The topological polar surface area (TPSA) is 65.7 Å². The Bertz CT molecular complexity index is 467. The van der Waals surface area contributed by atoms with Crippen molar-refractivity contribution in [2.45, 2.75) is 44.8 Å². The van der Waals surface area contributed by atoms with Gasteiger partial charge < -0.3 is 19.7 Å². The van der Waals surface area contributed by atoms with Crippen molar-refractivity contribution in [3.63, 3.8) is 0 Å². The summed E-state index contributed by atoms with van der Waals surface area (Å²) in [6, 6.07) is 3.49. The van der Waals surface area contributed by atoms with Crippen molar-refractivity contribution >= 4 is 22.0 Å². The van der Waals surface area contributed by atoms with E-state index in [1.54, 1.807) is 18.7 Å². The van der Waals surface area contributed by atoms with Crippen molar-refractivity contribution < 1.29 is 14.3 Å². The Labute approximate surface area is 127 Å². The number of hydrogen-bond acceptors (Lipinski definition) is 3. The molecule has 112 valence electrons. The largest absolute Gasteiger partial charge is 0.454 e. The van der Waals surface area contributed by atoms with Gasteiger partial charge in [0.25, 0.3) is 0 Å². The second kappa shape index (κ2) is 6.18. The fourth-order valence-corrected chi connectivity index (χ4v) is 2.96. The van der Waals surface area contributed by atoms with E-state index in [2.05, 4.69) is 21.2 Å². The number of halogens is 1. The Morgan fingerprint density at radius 2 is 2.35 bits per heavy atom. The monoisotopic (exact) mass is 344 g/mol. The van der Waals surface area contributed by atoms with Crippen LogP contribution in [-0.4, -0.2) is 40.8 Å². The second-order valence-corrected chi connectivity index (χ2v) is 6.47. The molecule has 1 aliphatic heterocycles. The molecule has 2 heterocycles. The van der Waals surface area contributed by atoms with Crippen LogP contribution in [0.3, 0.4) is 0 Å². The van der Waals surface area contributed by atoms with E-state index in [1.165, 1.54) is 0 Å². The van der Waals surface area contributed by atoms with E-state index in [0.29, 0.717) is 24.2 Å². The van der Waals surface area contributed by atoms with E-state index in [0.717, 1.165) is 18.6 Å². The van der Waals surface area contributed by atoms with Gasteiger partial charge in [0.05, 0.1) is 11.6 Å². The lowest BCUT2D eigenvalue weighted by Gasteiger charge is -2.33. The van der Waals surface area contributed by atoms with Gasteiger partial charge in [0, 0.05) is 19.5 Å². The van der Waals surface area contributed by atoms with Crippen LogP contribution in [0.15, 0.2) is 21.2 Å². The third-order valence-corrected chi connectivity index (χ3v) is 4.03. The van der Waals surface area contributed by atoms with Gasteiger partial charge in [-0.3, -0.25) is 0 Å². The summed E-state index contributed by atoms with van der Waals surface area (Å²) in [5, 5.41) is 13.0. The molecule has 2 amide bonds. The number of hydrogen-bond donors (Lipinski definition) is 2. The van der Waals surface area contributed by atoms with Crippen LogP contribution < -0.4 is 5.32 Å². The lowest BCUT2D eigenvalue weighted by Crippen LogP contribution is -2.51. The summed E-state index contributed by atoms with van der Waals surface area (Å²) in [6.45, 7) is 4.73. The Morgan fingerprint density at radius 1 is 1.60 bits per heavy atom. The number of nitrogens with zero attached hydrogens (tertiary/aromatic N) is 1. The highest BCUT2D eigenvalue weighted by Crippen LogP contribution is 2.26. The normalized spacial score (nSPS) is 19.4. The van der Waals surface area contributed by atoms with Gasteiger partial charge in [0.2, 0.25) is 0 Å². The average Bonchev–Trinajstić information content (AvgIpc) is 2.96. The van der Waals surface area contributed by atoms with Crippen LogP contribution in [0.2, 0.25) is 0 Å². The molecule has 1 aromatic rings. The molecule has 1 saturated heterocycles. The predicted octanol–water partition coefficient (Wildman–Crippen LogP) is 2.53.